The second-order valence-corrected chi connectivity index (χ2v) is 4.66. The fourth-order valence-electron chi connectivity index (χ4n) is 2.91. The molecule has 2 aromatic rings. The van der Waals surface area contributed by atoms with Crippen LogP contribution < -0.4 is 4.57 Å². The lowest BCUT2D eigenvalue weighted by atomic mass is 10.1. The summed E-state index contributed by atoms with van der Waals surface area (Å²) in [6.45, 7) is 2.09. The molecule has 16 heavy (non-hydrogen) atoms. The Labute approximate surface area is 94.3 Å². The summed E-state index contributed by atoms with van der Waals surface area (Å²) in [5.74, 6) is 2.60. The smallest absolute Gasteiger partial charge is 0.228 e. The molecule has 1 aromatic carbocycles. The Balaban J connectivity index is 1.99. The van der Waals surface area contributed by atoms with Gasteiger partial charge in [-0.15, -0.1) is 4.68 Å². The van der Waals surface area contributed by atoms with E-state index in [2.05, 4.69) is 33.5 Å². The molecule has 0 N–H and O–H groups in total. The van der Waals surface area contributed by atoms with Crippen LogP contribution in [0, 0.1) is 0 Å². The minimum atomic E-state index is 0.950. The Morgan fingerprint density at radius 3 is 3.12 bits per heavy atom. The van der Waals surface area contributed by atoms with Crippen molar-refractivity contribution in [1.82, 2.24) is 9.78 Å². The highest BCUT2D eigenvalue weighted by Gasteiger charge is 2.34. The SMILES string of the molecule is c1ccc2c(c1)Cn1nc3[n+](c1-2)CCCC3. The summed E-state index contributed by atoms with van der Waals surface area (Å²) in [6.07, 6.45) is 3.72. The van der Waals surface area contributed by atoms with Gasteiger partial charge in [0, 0.05) is 17.1 Å². The van der Waals surface area contributed by atoms with E-state index in [9.17, 15) is 0 Å². The van der Waals surface area contributed by atoms with E-state index in [0.29, 0.717) is 0 Å². The molecule has 0 radical (unpaired) electrons. The monoisotopic (exact) mass is 212 g/mol. The van der Waals surface area contributed by atoms with E-state index in [-0.39, 0.29) is 0 Å². The first-order valence-electron chi connectivity index (χ1n) is 6.01. The molecular weight excluding hydrogens is 198 g/mol. The topological polar surface area (TPSA) is 21.7 Å². The Morgan fingerprint density at radius 1 is 1.19 bits per heavy atom. The molecule has 0 spiro atoms. The van der Waals surface area contributed by atoms with Crippen LogP contribution in [-0.4, -0.2) is 9.78 Å². The summed E-state index contributed by atoms with van der Waals surface area (Å²) >= 11 is 0. The zero-order valence-electron chi connectivity index (χ0n) is 9.19. The minimum Gasteiger partial charge on any atom is -0.228 e. The number of benzene rings is 1. The van der Waals surface area contributed by atoms with Crippen LogP contribution in [0.1, 0.15) is 24.2 Å². The van der Waals surface area contributed by atoms with Crippen molar-refractivity contribution in [1.29, 1.82) is 0 Å². The van der Waals surface area contributed by atoms with Gasteiger partial charge in [-0.1, -0.05) is 18.2 Å². The van der Waals surface area contributed by atoms with Gasteiger partial charge < -0.3 is 0 Å². The molecule has 0 fully saturated rings. The molecule has 2 aliphatic heterocycles. The van der Waals surface area contributed by atoms with Crippen LogP contribution in [0.15, 0.2) is 24.3 Å². The minimum absolute atomic E-state index is 0.950. The molecule has 4 rings (SSSR count). The Kier molecular flexibility index (Phi) is 1.56. The standard InChI is InChI=1S/C13H14N3/c1-2-6-11-10(5-1)9-16-13(11)15-8-4-3-7-12(15)14-16/h1-2,5-6H,3-4,7-9H2/q+1. The molecule has 3 heterocycles. The normalized spacial score (nSPS) is 16.8. The van der Waals surface area contributed by atoms with Crippen molar-refractivity contribution in [3.63, 3.8) is 0 Å². The zero-order chi connectivity index (χ0) is 10.5. The van der Waals surface area contributed by atoms with E-state index in [1.807, 2.05) is 0 Å². The molecule has 0 aliphatic carbocycles. The number of fused-ring (bicyclic) bond motifs is 5. The molecule has 80 valence electrons. The summed E-state index contributed by atoms with van der Waals surface area (Å²) in [5, 5.41) is 4.73. The highest BCUT2D eigenvalue weighted by Crippen LogP contribution is 2.29. The van der Waals surface area contributed by atoms with E-state index < -0.39 is 0 Å². The van der Waals surface area contributed by atoms with Crippen LogP contribution in [0.3, 0.4) is 0 Å². The van der Waals surface area contributed by atoms with Gasteiger partial charge in [0.2, 0.25) is 0 Å². The second-order valence-electron chi connectivity index (χ2n) is 4.66. The van der Waals surface area contributed by atoms with Crippen molar-refractivity contribution in [2.45, 2.75) is 32.4 Å². The summed E-state index contributed by atoms with van der Waals surface area (Å²) < 4.78 is 4.58. The van der Waals surface area contributed by atoms with Crippen molar-refractivity contribution in [3.05, 3.63) is 35.7 Å². The van der Waals surface area contributed by atoms with E-state index in [4.69, 9.17) is 5.10 Å². The number of hydrogen-bond acceptors (Lipinski definition) is 1. The molecule has 0 bridgehead atoms. The van der Waals surface area contributed by atoms with Crippen molar-refractivity contribution >= 4 is 0 Å². The third kappa shape index (κ3) is 0.979. The third-order valence-corrected chi connectivity index (χ3v) is 3.66. The zero-order valence-corrected chi connectivity index (χ0v) is 9.19. The highest BCUT2D eigenvalue weighted by molar-refractivity contribution is 5.61. The van der Waals surface area contributed by atoms with Gasteiger partial charge in [-0.05, 0) is 18.9 Å². The number of rotatable bonds is 0. The summed E-state index contributed by atoms with van der Waals surface area (Å²) in [7, 11) is 0. The van der Waals surface area contributed by atoms with Gasteiger partial charge in [-0.2, -0.15) is 0 Å². The van der Waals surface area contributed by atoms with Gasteiger partial charge in [0.1, 0.15) is 6.54 Å². The Hall–Kier alpha value is -1.64. The molecule has 3 heteroatoms. The van der Waals surface area contributed by atoms with Crippen LogP contribution in [0.2, 0.25) is 0 Å². The van der Waals surface area contributed by atoms with E-state index in [0.717, 1.165) is 19.5 Å². The molecule has 2 aliphatic rings. The summed E-state index contributed by atoms with van der Waals surface area (Å²) in [4.78, 5) is 0. The van der Waals surface area contributed by atoms with E-state index in [1.165, 1.54) is 35.6 Å². The Morgan fingerprint density at radius 2 is 2.12 bits per heavy atom. The van der Waals surface area contributed by atoms with Crippen LogP contribution >= 0.6 is 0 Å². The van der Waals surface area contributed by atoms with Gasteiger partial charge in [0.05, 0.1) is 12.1 Å². The maximum atomic E-state index is 4.73. The number of nitrogens with zero attached hydrogens (tertiary/aromatic N) is 3. The second kappa shape index (κ2) is 2.94. The lowest BCUT2D eigenvalue weighted by Crippen LogP contribution is -2.41. The van der Waals surface area contributed by atoms with Gasteiger partial charge in [-0.3, -0.25) is 0 Å². The first-order valence-corrected chi connectivity index (χ1v) is 6.01. The quantitative estimate of drug-likeness (QED) is 0.518. The number of hydrogen-bond donors (Lipinski definition) is 0. The third-order valence-electron chi connectivity index (χ3n) is 3.66. The number of aryl methyl sites for hydroxylation is 1. The highest BCUT2D eigenvalue weighted by atomic mass is 15.4. The largest absolute Gasteiger partial charge is 0.277 e. The van der Waals surface area contributed by atoms with E-state index in [1.54, 1.807) is 0 Å². The lowest BCUT2D eigenvalue weighted by Gasteiger charge is -2.08. The maximum absolute atomic E-state index is 4.73. The molecule has 0 amide bonds. The average Bonchev–Trinajstić information content (AvgIpc) is 2.83. The van der Waals surface area contributed by atoms with Gasteiger partial charge in [-0.25, -0.2) is 4.57 Å². The van der Waals surface area contributed by atoms with Crippen molar-refractivity contribution < 1.29 is 4.57 Å². The lowest BCUT2D eigenvalue weighted by molar-refractivity contribution is -0.699. The van der Waals surface area contributed by atoms with Crippen LogP contribution in [-0.2, 0) is 19.5 Å². The van der Waals surface area contributed by atoms with E-state index >= 15 is 0 Å². The van der Waals surface area contributed by atoms with Gasteiger partial charge >= 0.3 is 0 Å². The Bertz CT molecular complexity index is 569. The van der Waals surface area contributed by atoms with Crippen LogP contribution in [0.5, 0.6) is 0 Å². The molecule has 3 nitrogen and oxygen atoms in total. The fourth-order valence-corrected chi connectivity index (χ4v) is 2.91. The van der Waals surface area contributed by atoms with Crippen molar-refractivity contribution in [2.75, 3.05) is 0 Å². The average molecular weight is 212 g/mol. The molecule has 0 atom stereocenters. The predicted molar refractivity (Wildman–Crippen MR) is 59.9 cm³/mol. The molecule has 0 saturated heterocycles. The first kappa shape index (κ1) is 8.50. The fraction of sp³-hybridized carbons (Fsp3) is 0.385. The molecule has 0 saturated carbocycles. The summed E-state index contributed by atoms with van der Waals surface area (Å²) in [5.41, 5.74) is 2.79. The van der Waals surface area contributed by atoms with Crippen molar-refractivity contribution in [2.24, 2.45) is 0 Å². The van der Waals surface area contributed by atoms with Gasteiger partial charge in [0.15, 0.2) is 0 Å². The predicted octanol–water partition coefficient (Wildman–Crippen LogP) is 1.54. The number of aromatic nitrogens is 3. The van der Waals surface area contributed by atoms with Gasteiger partial charge in [0.25, 0.3) is 11.6 Å². The molecular formula is C13H14N3+. The van der Waals surface area contributed by atoms with Crippen LogP contribution in [0.4, 0.5) is 0 Å². The summed E-state index contributed by atoms with van der Waals surface area (Å²) in [6, 6.07) is 8.66. The first-order chi connectivity index (χ1) is 7.93. The maximum Gasteiger partial charge on any atom is 0.277 e. The van der Waals surface area contributed by atoms with Crippen LogP contribution in [0.25, 0.3) is 11.4 Å². The van der Waals surface area contributed by atoms with Crippen molar-refractivity contribution in [3.8, 4) is 11.4 Å². The molecule has 0 unspecified atom stereocenters. The molecule has 1 aromatic heterocycles.